The van der Waals surface area contributed by atoms with Gasteiger partial charge in [0.15, 0.2) is 11.5 Å². The van der Waals surface area contributed by atoms with Gasteiger partial charge in [-0.3, -0.25) is 4.79 Å². The smallest absolute Gasteiger partial charge is 0.387 e. The predicted molar refractivity (Wildman–Crippen MR) is 106 cm³/mol. The monoisotopic (exact) mass is 423 g/mol. The van der Waals surface area contributed by atoms with Crippen molar-refractivity contribution in [1.29, 1.82) is 0 Å². The summed E-state index contributed by atoms with van der Waals surface area (Å²) in [5.41, 5.74) is 1.91. The fraction of sp³-hybridized carbons (Fsp3) is 0.333. The van der Waals surface area contributed by atoms with Crippen LogP contribution < -0.4 is 19.5 Å². The quantitative estimate of drug-likeness (QED) is 0.612. The summed E-state index contributed by atoms with van der Waals surface area (Å²) in [6, 6.07) is 7.91. The van der Waals surface area contributed by atoms with Gasteiger partial charge in [-0.2, -0.15) is 8.78 Å². The third-order valence-electron chi connectivity index (χ3n) is 4.12. The average molecular weight is 423 g/mol. The van der Waals surface area contributed by atoms with E-state index in [1.807, 2.05) is 32.0 Å². The summed E-state index contributed by atoms with van der Waals surface area (Å²) in [5, 5.41) is 2.50. The first-order valence-corrected chi connectivity index (χ1v) is 9.00. The Morgan fingerprint density at radius 1 is 1.03 bits per heavy atom. The second-order valence-electron chi connectivity index (χ2n) is 6.33. The zero-order valence-corrected chi connectivity index (χ0v) is 17.1. The SMILES string of the molecule is COC(=O)c1cc(OC)c(OC(F)F)cc1NC(=O)CCOc1ccc(C)cc1C. The Morgan fingerprint density at radius 2 is 1.77 bits per heavy atom. The molecule has 2 rings (SSSR count). The van der Waals surface area contributed by atoms with Crippen molar-refractivity contribution < 1.29 is 37.3 Å². The average Bonchev–Trinajstić information content (AvgIpc) is 2.68. The van der Waals surface area contributed by atoms with Gasteiger partial charge in [-0.15, -0.1) is 0 Å². The molecule has 0 heterocycles. The second kappa shape index (κ2) is 10.4. The number of methoxy groups -OCH3 is 2. The van der Waals surface area contributed by atoms with Crippen LogP contribution in [0.5, 0.6) is 17.2 Å². The van der Waals surface area contributed by atoms with Crippen LogP contribution in [0.3, 0.4) is 0 Å². The molecule has 0 aliphatic heterocycles. The molecular formula is C21H23F2NO6. The molecule has 0 saturated carbocycles. The Kier molecular flexibility index (Phi) is 7.97. The minimum absolute atomic E-state index is 0.0367. The van der Waals surface area contributed by atoms with Gasteiger partial charge >= 0.3 is 12.6 Å². The van der Waals surface area contributed by atoms with Gasteiger partial charge in [0, 0.05) is 12.1 Å². The van der Waals surface area contributed by atoms with Gasteiger partial charge in [-0.05, 0) is 25.5 Å². The second-order valence-corrected chi connectivity index (χ2v) is 6.33. The Balaban J connectivity index is 2.14. The van der Waals surface area contributed by atoms with Gasteiger partial charge in [0.25, 0.3) is 0 Å². The summed E-state index contributed by atoms with van der Waals surface area (Å²) >= 11 is 0. The molecule has 0 unspecified atom stereocenters. The number of halogens is 2. The van der Waals surface area contributed by atoms with Crippen LogP contribution in [0, 0.1) is 13.8 Å². The first-order chi connectivity index (χ1) is 14.2. The molecular weight excluding hydrogens is 400 g/mol. The van der Waals surface area contributed by atoms with Crippen molar-refractivity contribution in [3.8, 4) is 17.2 Å². The highest BCUT2D eigenvalue weighted by Crippen LogP contribution is 2.35. The summed E-state index contributed by atoms with van der Waals surface area (Å²) < 4.78 is 45.0. The largest absolute Gasteiger partial charge is 0.493 e. The Morgan fingerprint density at radius 3 is 2.37 bits per heavy atom. The lowest BCUT2D eigenvalue weighted by Crippen LogP contribution is -2.18. The lowest BCUT2D eigenvalue weighted by Gasteiger charge is -2.16. The maximum absolute atomic E-state index is 12.7. The summed E-state index contributed by atoms with van der Waals surface area (Å²) in [5.74, 6) is -1.05. The molecule has 162 valence electrons. The molecule has 1 amide bonds. The van der Waals surface area contributed by atoms with E-state index in [1.54, 1.807) is 0 Å². The van der Waals surface area contributed by atoms with Crippen LogP contribution in [-0.2, 0) is 9.53 Å². The van der Waals surface area contributed by atoms with E-state index >= 15 is 0 Å². The minimum atomic E-state index is -3.11. The van der Waals surface area contributed by atoms with Gasteiger partial charge in [-0.25, -0.2) is 4.79 Å². The van der Waals surface area contributed by atoms with E-state index in [0.29, 0.717) is 5.75 Å². The van der Waals surface area contributed by atoms with Gasteiger partial charge in [0.2, 0.25) is 5.91 Å². The standard InChI is InChI=1S/C21H23F2NO6/c1-12-5-6-16(13(2)9-12)29-8-7-19(25)24-15-11-18(30-21(22)23)17(27-3)10-14(15)20(26)28-4/h5-6,9-11,21H,7-8H2,1-4H3,(H,24,25). The number of aryl methyl sites for hydroxylation is 2. The first kappa shape index (κ1) is 22.9. The summed E-state index contributed by atoms with van der Waals surface area (Å²) in [6.07, 6.45) is -0.0367. The van der Waals surface area contributed by atoms with Crippen LogP contribution in [0.4, 0.5) is 14.5 Å². The van der Waals surface area contributed by atoms with E-state index in [0.717, 1.165) is 30.4 Å². The van der Waals surface area contributed by atoms with Crippen molar-refractivity contribution in [2.24, 2.45) is 0 Å². The number of carbonyl (C=O) groups excluding carboxylic acids is 2. The van der Waals surface area contributed by atoms with E-state index in [9.17, 15) is 18.4 Å². The number of hydrogen-bond acceptors (Lipinski definition) is 6. The number of esters is 1. The number of amides is 1. The van der Waals surface area contributed by atoms with Gasteiger partial charge in [-0.1, -0.05) is 17.7 Å². The fourth-order valence-corrected chi connectivity index (χ4v) is 2.72. The molecule has 0 radical (unpaired) electrons. The molecule has 0 bridgehead atoms. The molecule has 7 nitrogen and oxygen atoms in total. The van der Waals surface area contributed by atoms with Crippen LogP contribution in [0.1, 0.15) is 27.9 Å². The lowest BCUT2D eigenvalue weighted by molar-refractivity contribution is -0.116. The highest BCUT2D eigenvalue weighted by Gasteiger charge is 2.21. The van der Waals surface area contributed by atoms with Crippen LogP contribution in [0.15, 0.2) is 30.3 Å². The van der Waals surface area contributed by atoms with Gasteiger partial charge in [0.05, 0.1) is 38.5 Å². The van der Waals surface area contributed by atoms with Crippen molar-refractivity contribution in [2.75, 3.05) is 26.1 Å². The molecule has 2 aromatic carbocycles. The normalized spacial score (nSPS) is 10.5. The van der Waals surface area contributed by atoms with Crippen molar-refractivity contribution >= 4 is 17.6 Å². The molecule has 0 aromatic heterocycles. The fourth-order valence-electron chi connectivity index (χ4n) is 2.72. The molecule has 1 N–H and O–H groups in total. The highest BCUT2D eigenvalue weighted by molar-refractivity contribution is 6.02. The van der Waals surface area contributed by atoms with Crippen LogP contribution in [0.25, 0.3) is 0 Å². The predicted octanol–water partition coefficient (Wildman–Crippen LogP) is 4.11. The summed E-state index contributed by atoms with van der Waals surface area (Å²) in [4.78, 5) is 24.4. The van der Waals surface area contributed by atoms with Crippen LogP contribution in [0.2, 0.25) is 0 Å². The van der Waals surface area contributed by atoms with Crippen molar-refractivity contribution in [1.82, 2.24) is 0 Å². The number of rotatable bonds is 9. The van der Waals surface area contributed by atoms with E-state index in [4.69, 9.17) is 9.47 Å². The first-order valence-electron chi connectivity index (χ1n) is 9.00. The molecule has 0 aliphatic carbocycles. The number of ether oxygens (including phenoxy) is 4. The maximum atomic E-state index is 12.7. The van der Waals surface area contributed by atoms with Gasteiger partial charge < -0.3 is 24.3 Å². The molecule has 0 atom stereocenters. The molecule has 0 saturated heterocycles. The minimum Gasteiger partial charge on any atom is -0.493 e. The van der Waals surface area contributed by atoms with Crippen LogP contribution in [-0.4, -0.2) is 39.3 Å². The van der Waals surface area contributed by atoms with Crippen molar-refractivity contribution in [3.63, 3.8) is 0 Å². The number of hydrogen-bond donors (Lipinski definition) is 1. The molecule has 0 spiro atoms. The number of anilines is 1. The van der Waals surface area contributed by atoms with E-state index in [1.165, 1.54) is 7.11 Å². The topological polar surface area (TPSA) is 83.1 Å². The molecule has 2 aromatic rings. The third kappa shape index (κ3) is 6.07. The molecule has 0 aliphatic rings. The van der Waals surface area contributed by atoms with Gasteiger partial charge in [0.1, 0.15) is 5.75 Å². The van der Waals surface area contributed by atoms with Crippen LogP contribution >= 0.6 is 0 Å². The lowest BCUT2D eigenvalue weighted by atomic mass is 10.1. The third-order valence-corrected chi connectivity index (χ3v) is 4.12. The Hall–Kier alpha value is -3.36. The Bertz CT molecular complexity index is 917. The Labute approximate surface area is 172 Å². The number of alkyl halides is 2. The molecule has 30 heavy (non-hydrogen) atoms. The summed E-state index contributed by atoms with van der Waals surface area (Å²) in [7, 11) is 2.39. The number of carbonyl (C=O) groups is 2. The van der Waals surface area contributed by atoms with Crippen molar-refractivity contribution in [3.05, 3.63) is 47.0 Å². The zero-order chi connectivity index (χ0) is 22.3. The van der Waals surface area contributed by atoms with E-state index < -0.39 is 18.5 Å². The zero-order valence-electron chi connectivity index (χ0n) is 17.1. The van der Waals surface area contributed by atoms with Crippen molar-refractivity contribution in [2.45, 2.75) is 26.9 Å². The number of benzene rings is 2. The molecule has 0 fully saturated rings. The maximum Gasteiger partial charge on any atom is 0.387 e. The van der Waals surface area contributed by atoms with E-state index in [2.05, 4.69) is 14.8 Å². The number of nitrogens with one attached hydrogen (secondary N) is 1. The summed E-state index contributed by atoms with van der Waals surface area (Å²) in [6.45, 7) is 0.828. The highest BCUT2D eigenvalue weighted by atomic mass is 19.3. The molecule has 9 heteroatoms. The van der Waals surface area contributed by atoms with E-state index in [-0.39, 0.29) is 35.8 Å².